The van der Waals surface area contributed by atoms with Crippen LogP contribution in [0.2, 0.25) is 0 Å². The first-order valence-electron chi connectivity index (χ1n) is 10.0. The molecule has 0 heterocycles. The van der Waals surface area contributed by atoms with E-state index in [1.54, 1.807) is 0 Å². The van der Waals surface area contributed by atoms with E-state index >= 15 is 0 Å². The van der Waals surface area contributed by atoms with Crippen molar-refractivity contribution in [2.45, 2.75) is 72.3 Å². The van der Waals surface area contributed by atoms with Crippen LogP contribution in [-0.4, -0.2) is 43.3 Å². The van der Waals surface area contributed by atoms with Gasteiger partial charge in [-0.3, -0.25) is 4.79 Å². The number of rotatable bonds is 13. The zero-order valence-electron chi connectivity index (χ0n) is 18.1. The third-order valence-corrected chi connectivity index (χ3v) is 3.74. The summed E-state index contributed by atoms with van der Waals surface area (Å²) < 4.78 is 10.1. The van der Waals surface area contributed by atoms with Gasteiger partial charge in [0, 0.05) is 25.9 Å². The lowest BCUT2D eigenvalue weighted by Crippen LogP contribution is -2.36. The van der Waals surface area contributed by atoms with E-state index in [2.05, 4.69) is 31.1 Å². The second kappa shape index (κ2) is 14.0. The van der Waals surface area contributed by atoms with E-state index in [0.29, 0.717) is 44.7 Å². The number of ether oxygens (including phenoxy) is 2. The van der Waals surface area contributed by atoms with Crippen LogP contribution in [0.15, 0.2) is 12.7 Å². The molecule has 0 aliphatic rings. The van der Waals surface area contributed by atoms with Crippen molar-refractivity contribution in [2.24, 2.45) is 11.8 Å². The Morgan fingerprint density at radius 2 is 1.75 bits per heavy atom. The van der Waals surface area contributed by atoms with Crippen LogP contribution in [0.5, 0.6) is 0 Å². The molecule has 0 aliphatic heterocycles. The summed E-state index contributed by atoms with van der Waals surface area (Å²) in [6.45, 7) is 14.2. The summed E-state index contributed by atoms with van der Waals surface area (Å²) in [6, 6.07) is 0. The van der Waals surface area contributed by atoms with Crippen molar-refractivity contribution in [1.82, 2.24) is 10.6 Å². The summed E-state index contributed by atoms with van der Waals surface area (Å²) in [5.74, 6) is 0.696. The lowest BCUT2D eigenvalue weighted by Gasteiger charge is -2.22. The van der Waals surface area contributed by atoms with Crippen LogP contribution in [0.3, 0.4) is 0 Å². The van der Waals surface area contributed by atoms with Crippen molar-refractivity contribution >= 4 is 18.0 Å². The van der Waals surface area contributed by atoms with E-state index in [-0.39, 0.29) is 18.3 Å². The molecule has 0 saturated carbocycles. The number of hydrogen-bond acceptors (Lipinski definition) is 5. The molecular weight excluding hydrogens is 360 g/mol. The number of carbonyl (C=O) groups is 3. The highest BCUT2D eigenvalue weighted by Crippen LogP contribution is 2.17. The first-order chi connectivity index (χ1) is 13.0. The smallest absolute Gasteiger partial charge is 0.407 e. The number of alkyl carbamates (subject to hydrolysis) is 2. The first kappa shape index (κ1) is 26.0. The molecule has 7 nitrogen and oxygen atoms in total. The van der Waals surface area contributed by atoms with Gasteiger partial charge >= 0.3 is 12.2 Å². The summed E-state index contributed by atoms with van der Waals surface area (Å²) in [7, 11) is 0. The van der Waals surface area contributed by atoms with Gasteiger partial charge in [-0.05, 0) is 51.9 Å². The van der Waals surface area contributed by atoms with Crippen LogP contribution in [0.1, 0.15) is 66.7 Å². The molecule has 0 aromatic rings. The third-order valence-electron chi connectivity index (χ3n) is 3.74. The van der Waals surface area contributed by atoms with Gasteiger partial charge in [0.15, 0.2) is 0 Å². The van der Waals surface area contributed by atoms with E-state index in [1.807, 2.05) is 20.8 Å². The molecule has 0 fully saturated rings. The second-order valence-corrected chi connectivity index (χ2v) is 8.39. The number of Topliss-reactive ketones (excluding diaryl/α,β-unsaturated/α-hetero) is 1. The van der Waals surface area contributed by atoms with Crippen molar-refractivity contribution in [3.63, 3.8) is 0 Å². The average Bonchev–Trinajstić information content (AvgIpc) is 2.55. The predicted molar refractivity (Wildman–Crippen MR) is 110 cm³/mol. The van der Waals surface area contributed by atoms with Gasteiger partial charge in [0.25, 0.3) is 0 Å². The van der Waals surface area contributed by atoms with E-state index in [9.17, 15) is 14.4 Å². The Morgan fingerprint density at radius 3 is 2.32 bits per heavy atom. The van der Waals surface area contributed by atoms with E-state index in [0.717, 1.165) is 6.42 Å². The van der Waals surface area contributed by atoms with Gasteiger partial charge in [0.1, 0.15) is 18.0 Å². The van der Waals surface area contributed by atoms with Gasteiger partial charge in [0.2, 0.25) is 0 Å². The number of amides is 2. The maximum absolute atomic E-state index is 12.3. The highest BCUT2D eigenvalue weighted by molar-refractivity contribution is 5.78. The number of nitrogens with one attached hydrogen (secondary N) is 2. The van der Waals surface area contributed by atoms with Crippen LogP contribution < -0.4 is 10.6 Å². The van der Waals surface area contributed by atoms with Crippen LogP contribution in [0.25, 0.3) is 0 Å². The summed E-state index contributed by atoms with van der Waals surface area (Å²) in [5, 5.41) is 5.40. The number of unbranched alkanes of at least 4 members (excludes halogenated alkanes) is 1. The Bertz CT molecular complexity index is 498. The molecule has 0 aromatic carbocycles. The molecule has 2 N–H and O–H groups in total. The SMILES string of the molecule is C=CCOC(=O)NCCCCC(=O)C[C@@H](CNC(=O)OC(C)(C)C)CC(C)C. The number of carbonyl (C=O) groups excluding carboxylic acids is 3. The molecule has 0 rings (SSSR count). The van der Waals surface area contributed by atoms with Crippen molar-refractivity contribution in [3.05, 3.63) is 12.7 Å². The molecule has 0 radical (unpaired) electrons. The van der Waals surface area contributed by atoms with Crippen molar-refractivity contribution < 1.29 is 23.9 Å². The van der Waals surface area contributed by atoms with Gasteiger partial charge < -0.3 is 20.1 Å². The molecular formula is C21H38N2O5. The Kier molecular flexibility index (Phi) is 13.0. The van der Waals surface area contributed by atoms with Crippen LogP contribution >= 0.6 is 0 Å². The number of ketones is 1. The standard InChI is InChI=1S/C21H38N2O5/c1-7-12-27-19(25)22-11-9-8-10-18(24)14-17(13-16(2)3)15-23-20(26)28-21(4,5)6/h7,16-17H,1,8-15H2,2-6H3,(H,22,25)(H,23,26)/t17-/m0/s1. The van der Waals surface area contributed by atoms with Gasteiger partial charge in [0.05, 0.1) is 0 Å². The lowest BCUT2D eigenvalue weighted by atomic mass is 9.91. The Labute approximate surface area is 169 Å². The van der Waals surface area contributed by atoms with Crippen molar-refractivity contribution in [3.8, 4) is 0 Å². The van der Waals surface area contributed by atoms with Crippen LogP contribution in [0.4, 0.5) is 9.59 Å². The van der Waals surface area contributed by atoms with Gasteiger partial charge in [-0.15, -0.1) is 0 Å². The van der Waals surface area contributed by atoms with Gasteiger partial charge in [-0.25, -0.2) is 9.59 Å². The topological polar surface area (TPSA) is 93.7 Å². The molecule has 0 aliphatic carbocycles. The highest BCUT2D eigenvalue weighted by atomic mass is 16.6. The fourth-order valence-corrected chi connectivity index (χ4v) is 2.69. The molecule has 1 atom stereocenters. The minimum Gasteiger partial charge on any atom is -0.445 e. The fourth-order valence-electron chi connectivity index (χ4n) is 2.69. The summed E-state index contributed by atoms with van der Waals surface area (Å²) in [6.07, 6.45) is 3.74. The fraction of sp³-hybridized carbons (Fsp3) is 0.762. The molecule has 2 amide bonds. The zero-order chi connectivity index (χ0) is 21.6. The van der Waals surface area contributed by atoms with E-state index < -0.39 is 17.8 Å². The normalized spacial score (nSPS) is 12.2. The molecule has 0 aromatic heterocycles. The maximum Gasteiger partial charge on any atom is 0.407 e. The third kappa shape index (κ3) is 16.1. The van der Waals surface area contributed by atoms with E-state index in [4.69, 9.17) is 9.47 Å². The van der Waals surface area contributed by atoms with Crippen molar-refractivity contribution in [1.29, 1.82) is 0 Å². The second-order valence-electron chi connectivity index (χ2n) is 8.39. The quantitative estimate of drug-likeness (QED) is 0.358. The Morgan fingerprint density at radius 1 is 1.07 bits per heavy atom. The monoisotopic (exact) mass is 398 g/mol. The number of hydrogen-bond donors (Lipinski definition) is 2. The van der Waals surface area contributed by atoms with E-state index in [1.165, 1.54) is 6.08 Å². The Hall–Kier alpha value is -2.05. The van der Waals surface area contributed by atoms with Crippen LogP contribution in [-0.2, 0) is 14.3 Å². The minimum absolute atomic E-state index is 0.0898. The summed E-state index contributed by atoms with van der Waals surface area (Å²) in [5.41, 5.74) is -0.542. The average molecular weight is 399 g/mol. The molecule has 7 heteroatoms. The minimum atomic E-state index is -0.542. The summed E-state index contributed by atoms with van der Waals surface area (Å²) >= 11 is 0. The molecule has 0 saturated heterocycles. The largest absolute Gasteiger partial charge is 0.445 e. The molecule has 162 valence electrons. The Balaban J connectivity index is 4.16. The van der Waals surface area contributed by atoms with Crippen LogP contribution in [0, 0.1) is 11.8 Å². The molecule has 0 unspecified atom stereocenters. The molecule has 0 bridgehead atoms. The predicted octanol–water partition coefficient (Wildman–Crippen LogP) is 4.22. The van der Waals surface area contributed by atoms with Gasteiger partial charge in [-0.1, -0.05) is 26.5 Å². The van der Waals surface area contributed by atoms with Gasteiger partial charge in [-0.2, -0.15) is 0 Å². The molecule has 0 spiro atoms. The summed E-state index contributed by atoms with van der Waals surface area (Å²) in [4.78, 5) is 35.4. The highest BCUT2D eigenvalue weighted by Gasteiger charge is 2.19. The van der Waals surface area contributed by atoms with Crippen molar-refractivity contribution in [2.75, 3.05) is 19.7 Å². The maximum atomic E-state index is 12.3. The molecule has 28 heavy (non-hydrogen) atoms. The lowest BCUT2D eigenvalue weighted by molar-refractivity contribution is -0.120. The first-order valence-corrected chi connectivity index (χ1v) is 10.0. The zero-order valence-corrected chi connectivity index (χ0v) is 18.1.